The zero-order chi connectivity index (χ0) is 21.3. The first kappa shape index (κ1) is 19.9. The Hall–Kier alpha value is -3.44. The Balaban J connectivity index is 1.84. The van der Waals surface area contributed by atoms with Gasteiger partial charge in [0.1, 0.15) is 0 Å². The SMILES string of the molecule is CNC(=O)c1ccccc1-c1cc2c(cn1)C=Cc1cc(Cl)ccc1N(C(C)=O)C2. The van der Waals surface area contributed by atoms with E-state index in [1.807, 2.05) is 48.6 Å². The molecule has 150 valence electrons. The summed E-state index contributed by atoms with van der Waals surface area (Å²) in [5, 5.41) is 3.28. The molecular formula is C24H20ClN3O2. The number of anilines is 1. The number of carbonyl (C=O) groups excluding carboxylic acids is 2. The molecule has 1 N–H and O–H groups in total. The Bertz CT molecular complexity index is 1190. The van der Waals surface area contributed by atoms with E-state index in [2.05, 4.69) is 10.3 Å². The number of pyridine rings is 1. The number of rotatable bonds is 2. The second kappa shape index (κ2) is 8.13. The topological polar surface area (TPSA) is 62.3 Å². The fraction of sp³-hybridized carbons (Fsp3) is 0.125. The number of nitrogens with zero attached hydrogens (tertiary/aromatic N) is 2. The van der Waals surface area contributed by atoms with Gasteiger partial charge in [-0.2, -0.15) is 0 Å². The van der Waals surface area contributed by atoms with Crippen molar-refractivity contribution in [2.24, 2.45) is 0 Å². The molecule has 0 radical (unpaired) electrons. The molecular weight excluding hydrogens is 398 g/mol. The third-order valence-corrected chi connectivity index (χ3v) is 5.37. The minimum Gasteiger partial charge on any atom is -0.355 e. The number of amides is 2. The van der Waals surface area contributed by atoms with Gasteiger partial charge in [0.15, 0.2) is 0 Å². The molecule has 0 aliphatic carbocycles. The van der Waals surface area contributed by atoms with Crippen molar-refractivity contribution in [3.63, 3.8) is 0 Å². The van der Waals surface area contributed by atoms with Gasteiger partial charge in [0.05, 0.1) is 17.9 Å². The molecule has 1 aromatic heterocycles. The molecule has 1 aliphatic rings. The van der Waals surface area contributed by atoms with Gasteiger partial charge in [0.25, 0.3) is 5.91 Å². The molecule has 0 unspecified atom stereocenters. The van der Waals surface area contributed by atoms with Crippen molar-refractivity contribution in [2.75, 3.05) is 11.9 Å². The van der Waals surface area contributed by atoms with Crippen LogP contribution in [0.3, 0.4) is 0 Å². The van der Waals surface area contributed by atoms with E-state index in [1.165, 1.54) is 0 Å². The first-order valence-electron chi connectivity index (χ1n) is 9.54. The maximum atomic E-state index is 12.5. The number of nitrogens with one attached hydrogen (secondary N) is 1. The Labute approximate surface area is 180 Å². The highest BCUT2D eigenvalue weighted by Crippen LogP contribution is 2.32. The van der Waals surface area contributed by atoms with E-state index in [1.54, 1.807) is 37.2 Å². The van der Waals surface area contributed by atoms with Crippen molar-refractivity contribution in [3.05, 3.63) is 82.0 Å². The van der Waals surface area contributed by atoms with Crippen LogP contribution in [0, 0.1) is 0 Å². The molecule has 1 aliphatic heterocycles. The van der Waals surface area contributed by atoms with Crippen LogP contribution in [-0.2, 0) is 11.3 Å². The standard InChI is InChI=1S/C24H20ClN3O2/c1-15(29)28-14-18-12-22(20-5-3-4-6-21(20)24(30)26-2)27-13-17(18)8-7-16-11-19(25)9-10-23(16)28/h3-13H,14H2,1-2H3,(H,26,30). The zero-order valence-corrected chi connectivity index (χ0v) is 17.4. The van der Waals surface area contributed by atoms with Gasteiger partial charge in [-0.25, -0.2) is 0 Å². The van der Waals surface area contributed by atoms with E-state index in [0.717, 1.165) is 27.9 Å². The summed E-state index contributed by atoms with van der Waals surface area (Å²) in [6, 6.07) is 14.8. The zero-order valence-electron chi connectivity index (χ0n) is 16.6. The summed E-state index contributed by atoms with van der Waals surface area (Å²) in [4.78, 5) is 31.1. The molecule has 6 heteroatoms. The van der Waals surface area contributed by atoms with Crippen LogP contribution >= 0.6 is 11.6 Å². The van der Waals surface area contributed by atoms with Gasteiger partial charge in [0, 0.05) is 36.3 Å². The summed E-state index contributed by atoms with van der Waals surface area (Å²) in [7, 11) is 1.60. The molecule has 0 saturated carbocycles. The molecule has 0 saturated heterocycles. The minimum absolute atomic E-state index is 0.0658. The average molecular weight is 418 g/mol. The van der Waals surface area contributed by atoms with E-state index in [0.29, 0.717) is 22.8 Å². The molecule has 0 spiro atoms. The van der Waals surface area contributed by atoms with Crippen molar-refractivity contribution in [2.45, 2.75) is 13.5 Å². The number of halogens is 1. The minimum atomic E-state index is -0.171. The monoisotopic (exact) mass is 417 g/mol. The normalized spacial score (nSPS) is 12.4. The smallest absolute Gasteiger partial charge is 0.251 e. The average Bonchev–Trinajstić information content (AvgIpc) is 2.74. The van der Waals surface area contributed by atoms with Crippen molar-refractivity contribution in [3.8, 4) is 11.3 Å². The van der Waals surface area contributed by atoms with Crippen LogP contribution in [0.25, 0.3) is 23.4 Å². The highest BCUT2D eigenvalue weighted by Gasteiger charge is 2.20. The number of benzene rings is 2. The highest BCUT2D eigenvalue weighted by atomic mass is 35.5. The van der Waals surface area contributed by atoms with Crippen LogP contribution in [0.2, 0.25) is 5.02 Å². The van der Waals surface area contributed by atoms with Crippen LogP contribution in [-0.4, -0.2) is 23.8 Å². The summed E-state index contributed by atoms with van der Waals surface area (Å²) >= 11 is 6.16. The van der Waals surface area contributed by atoms with Gasteiger partial charge in [-0.1, -0.05) is 42.0 Å². The van der Waals surface area contributed by atoms with Gasteiger partial charge in [-0.3, -0.25) is 14.6 Å². The quantitative estimate of drug-likeness (QED) is 0.651. The van der Waals surface area contributed by atoms with Crippen molar-refractivity contribution in [1.82, 2.24) is 10.3 Å². The van der Waals surface area contributed by atoms with Crippen LogP contribution in [0.5, 0.6) is 0 Å². The highest BCUT2D eigenvalue weighted by molar-refractivity contribution is 6.30. The molecule has 0 atom stereocenters. The maximum Gasteiger partial charge on any atom is 0.251 e. The van der Waals surface area contributed by atoms with Crippen LogP contribution < -0.4 is 10.2 Å². The maximum absolute atomic E-state index is 12.5. The molecule has 3 aromatic rings. The number of carbonyl (C=O) groups is 2. The number of hydrogen-bond donors (Lipinski definition) is 1. The van der Waals surface area contributed by atoms with E-state index in [-0.39, 0.29) is 11.8 Å². The third-order valence-electron chi connectivity index (χ3n) is 5.13. The summed E-state index contributed by atoms with van der Waals surface area (Å²) in [6.45, 7) is 1.94. The van der Waals surface area contributed by atoms with Crippen LogP contribution in [0.1, 0.15) is 34.0 Å². The van der Waals surface area contributed by atoms with Crippen LogP contribution in [0.15, 0.2) is 54.7 Å². The molecule has 2 heterocycles. The summed E-state index contributed by atoms with van der Waals surface area (Å²) in [5.74, 6) is -0.237. The predicted molar refractivity (Wildman–Crippen MR) is 120 cm³/mol. The first-order chi connectivity index (χ1) is 14.5. The van der Waals surface area contributed by atoms with Gasteiger partial charge in [0.2, 0.25) is 5.91 Å². The van der Waals surface area contributed by atoms with Gasteiger partial charge in [-0.15, -0.1) is 0 Å². The van der Waals surface area contributed by atoms with Crippen LogP contribution in [0.4, 0.5) is 5.69 Å². The lowest BCUT2D eigenvalue weighted by atomic mass is 9.98. The third kappa shape index (κ3) is 3.72. The van der Waals surface area contributed by atoms with Gasteiger partial charge < -0.3 is 10.2 Å². The number of aromatic nitrogens is 1. The molecule has 0 fully saturated rings. The van der Waals surface area contributed by atoms with Gasteiger partial charge in [-0.05, 0) is 47.0 Å². The first-order valence-corrected chi connectivity index (χ1v) is 9.92. The predicted octanol–water partition coefficient (Wildman–Crippen LogP) is 4.80. The lowest BCUT2D eigenvalue weighted by molar-refractivity contribution is -0.116. The Morgan fingerprint density at radius 3 is 2.60 bits per heavy atom. The van der Waals surface area contributed by atoms with Crippen molar-refractivity contribution >= 4 is 41.3 Å². The lowest BCUT2D eigenvalue weighted by Crippen LogP contribution is -2.29. The van der Waals surface area contributed by atoms with E-state index in [4.69, 9.17) is 11.6 Å². The second-order valence-corrected chi connectivity index (χ2v) is 7.47. The Morgan fingerprint density at radius 2 is 1.83 bits per heavy atom. The number of hydrogen-bond acceptors (Lipinski definition) is 3. The Kier molecular flexibility index (Phi) is 5.38. The summed E-state index contributed by atoms with van der Waals surface area (Å²) in [5.41, 5.74) is 5.51. The number of fused-ring (bicyclic) bond motifs is 2. The Morgan fingerprint density at radius 1 is 1.07 bits per heavy atom. The summed E-state index contributed by atoms with van der Waals surface area (Å²) < 4.78 is 0. The van der Waals surface area contributed by atoms with E-state index in [9.17, 15) is 9.59 Å². The lowest BCUT2D eigenvalue weighted by Gasteiger charge is -2.26. The molecule has 4 rings (SSSR count). The molecule has 2 aromatic carbocycles. The van der Waals surface area contributed by atoms with E-state index >= 15 is 0 Å². The van der Waals surface area contributed by atoms with Gasteiger partial charge >= 0.3 is 0 Å². The van der Waals surface area contributed by atoms with E-state index < -0.39 is 0 Å². The largest absolute Gasteiger partial charge is 0.355 e. The molecule has 0 bridgehead atoms. The molecule has 5 nitrogen and oxygen atoms in total. The fourth-order valence-corrected chi connectivity index (χ4v) is 3.78. The van der Waals surface area contributed by atoms with Crippen molar-refractivity contribution in [1.29, 1.82) is 0 Å². The second-order valence-electron chi connectivity index (χ2n) is 7.03. The molecule has 2 amide bonds. The summed E-state index contributed by atoms with van der Waals surface area (Å²) in [6.07, 6.45) is 5.69. The molecule has 30 heavy (non-hydrogen) atoms. The fourth-order valence-electron chi connectivity index (χ4n) is 3.60. The van der Waals surface area contributed by atoms with Crippen molar-refractivity contribution < 1.29 is 9.59 Å².